The van der Waals surface area contributed by atoms with Crippen molar-refractivity contribution >= 4 is 0 Å². The smallest absolute Gasteiger partial charge is 0.119 e. The summed E-state index contributed by atoms with van der Waals surface area (Å²) in [5, 5.41) is 0. The molecule has 2 rings (SSSR count). The number of hydrogen-bond donors (Lipinski definition) is 1. The van der Waals surface area contributed by atoms with Gasteiger partial charge in [-0.3, -0.25) is 4.90 Å². The standard InChI is InChI=1S/C17H28N2O/c1-14(2)11-20-16-6-4-5-15(9-16)10-19-8-7-17(3,12-18)13-19/h4-6,9,14H,7-8,10-13,18H2,1-3H3. The molecule has 20 heavy (non-hydrogen) atoms. The van der Waals surface area contributed by atoms with E-state index in [1.54, 1.807) is 0 Å². The number of rotatable bonds is 6. The van der Waals surface area contributed by atoms with Crippen LogP contribution < -0.4 is 10.5 Å². The molecule has 2 N–H and O–H groups in total. The third-order valence-corrected chi connectivity index (χ3v) is 4.02. The number of nitrogens with zero attached hydrogens (tertiary/aromatic N) is 1. The maximum atomic E-state index is 5.87. The molecule has 0 amide bonds. The van der Waals surface area contributed by atoms with Crippen molar-refractivity contribution in [2.24, 2.45) is 17.1 Å². The summed E-state index contributed by atoms with van der Waals surface area (Å²) in [4.78, 5) is 2.49. The predicted octanol–water partition coefficient (Wildman–Crippen LogP) is 2.89. The highest BCUT2D eigenvalue weighted by molar-refractivity contribution is 5.28. The lowest BCUT2D eigenvalue weighted by Crippen LogP contribution is -2.31. The molecule has 0 spiro atoms. The zero-order valence-electron chi connectivity index (χ0n) is 13.1. The van der Waals surface area contributed by atoms with Gasteiger partial charge in [0, 0.05) is 13.1 Å². The van der Waals surface area contributed by atoms with E-state index in [2.05, 4.69) is 43.9 Å². The molecule has 1 unspecified atom stereocenters. The molecule has 0 radical (unpaired) electrons. The maximum absolute atomic E-state index is 5.87. The van der Waals surface area contributed by atoms with Crippen LogP contribution in [0.25, 0.3) is 0 Å². The number of hydrogen-bond acceptors (Lipinski definition) is 3. The highest BCUT2D eigenvalue weighted by atomic mass is 16.5. The normalized spacial score (nSPS) is 23.4. The van der Waals surface area contributed by atoms with Gasteiger partial charge in [0.1, 0.15) is 5.75 Å². The molecule has 1 aromatic rings. The molecular formula is C17H28N2O. The van der Waals surface area contributed by atoms with Crippen LogP contribution in [-0.2, 0) is 6.54 Å². The molecule has 112 valence electrons. The average molecular weight is 276 g/mol. The molecule has 3 nitrogen and oxygen atoms in total. The Bertz CT molecular complexity index is 433. The van der Waals surface area contributed by atoms with Gasteiger partial charge in [-0.1, -0.05) is 32.9 Å². The summed E-state index contributed by atoms with van der Waals surface area (Å²) >= 11 is 0. The highest BCUT2D eigenvalue weighted by Gasteiger charge is 2.32. The van der Waals surface area contributed by atoms with Crippen molar-refractivity contribution in [2.75, 3.05) is 26.2 Å². The molecular weight excluding hydrogens is 248 g/mol. The SMILES string of the molecule is CC(C)COc1cccc(CN2CCC(C)(CN)C2)c1. The Morgan fingerprint density at radius 2 is 2.20 bits per heavy atom. The van der Waals surface area contributed by atoms with Crippen molar-refractivity contribution in [3.05, 3.63) is 29.8 Å². The molecule has 1 saturated heterocycles. The second kappa shape index (κ2) is 6.59. The molecule has 1 fully saturated rings. The van der Waals surface area contributed by atoms with Crippen molar-refractivity contribution in [1.29, 1.82) is 0 Å². The van der Waals surface area contributed by atoms with E-state index >= 15 is 0 Å². The van der Waals surface area contributed by atoms with E-state index in [-0.39, 0.29) is 0 Å². The van der Waals surface area contributed by atoms with Crippen LogP contribution in [0.2, 0.25) is 0 Å². The second-order valence-corrected chi connectivity index (χ2v) is 6.83. The Morgan fingerprint density at radius 1 is 1.40 bits per heavy atom. The van der Waals surface area contributed by atoms with Crippen molar-refractivity contribution in [3.8, 4) is 5.75 Å². The van der Waals surface area contributed by atoms with Crippen LogP contribution in [0.15, 0.2) is 24.3 Å². The minimum Gasteiger partial charge on any atom is -0.493 e. The Hall–Kier alpha value is -1.06. The summed E-state index contributed by atoms with van der Waals surface area (Å²) < 4.78 is 5.80. The van der Waals surface area contributed by atoms with E-state index in [1.165, 1.54) is 12.0 Å². The third kappa shape index (κ3) is 4.22. The first-order valence-corrected chi connectivity index (χ1v) is 7.65. The van der Waals surface area contributed by atoms with Gasteiger partial charge in [-0.05, 0) is 48.5 Å². The van der Waals surface area contributed by atoms with Crippen molar-refractivity contribution in [1.82, 2.24) is 4.90 Å². The van der Waals surface area contributed by atoms with E-state index in [9.17, 15) is 0 Å². The number of benzene rings is 1. The molecule has 1 atom stereocenters. The van der Waals surface area contributed by atoms with Crippen LogP contribution in [0.4, 0.5) is 0 Å². The third-order valence-electron chi connectivity index (χ3n) is 4.02. The summed E-state index contributed by atoms with van der Waals surface area (Å²) in [6, 6.07) is 8.48. The van der Waals surface area contributed by atoms with E-state index in [0.29, 0.717) is 11.3 Å². The Morgan fingerprint density at radius 3 is 2.85 bits per heavy atom. The Labute approximate surface area is 123 Å². The van der Waals surface area contributed by atoms with Crippen molar-refractivity contribution in [3.63, 3.8) is 0 Å². The molecule has 0 saturated carbocycles. The minimum absolute atomic E-state index is 0.297. The van der Waals surface area contributed by atoms with Crippen LogP contribution in [-0.4, -0.2) is 31.1 Å². The topological polar surface area (TPSA) is 38.5 Å². The van der Waals surface area contributed by atoms with E-state index < -0.39 is 0 Å². The molecule has 1 aromatic carbocycles. The van der Waals surface area contributed by atoms with Gasteiger partial charge in [-0.2, -0.15) is 0 Å². The summed E-state index contributed by atoms with van der Waals surface area (Å²) in [6.07, 6.45) is 1.20. The quantitative estimate of drug-likeness (QED) is 0.868. The van der Waals surface area contributed by atoms with Crippen LogP contribution in [0, 0.1) is 11.3 Å². The first kappa shape index (κ1) is 15.3. The zero-order valence-corrected chi connectivity index (χ0v) is 13.1. The molecule has 1 aliphatic heterocycles. The van der Waals surface area contributed by atoms with Crippen LogP contribution >= 0.6 is 0 Å². The van der Waals surface area contributed by atoms with Crippen LogP contribution in [0.3, 0.4) is 0 Å². The molecule has 0 aliphatic carbocycles. The van der Waals surface area contributed by atoms with Gasteiger partial charge < -0.3 is 10.5 Å². The fourth-order valence-corrected chi connectivity index (χ4v) is 2.68. The van der Waals surface area contributed by atoms with Crippen LogP contribution in [0.1, 0.15) is 32.8 Å². The maximum Gasteiger partial charge on any atom is 0.119 e. The second-order valence-electron chi connectivity index (χ2n) is 6.83. The monoisotopic (exact) mass is 276 g/mol. The van der Waals surface area contributed by atoms with Gasteiger partial charge in [-0.15, -0.1) is 0 Å². The van der Waals surface area contributed by atoms with Gasteiger partial charge in [0.2, 0.25) is 0 Å². The Balaban J connectivity index is 1.92. The predicted molar refractivity (Wildman–Crippen MR) is 83.8 cm³/mol. The van der Waals surface area contributed by atoms with E-state index in [1.807, 2.05) is 6.07 Å². The largest absolute Gasteiger partial charge is 0.493 e. The average Bonchev–Trinajstić information content (AvgIpc) is 2.79. The molecule has 0 aromatic heterocycles. The number of nitrogens with two attached hydrogens (primary N) is 1. The Kier molecular flexibility index (Phi) is 5.06. The number of likely N-dealkylation sites (tertiary alicyclic amines) is 1. The highest BCUT2D eigenvalue weighted by Crippen LogP contribution is 2.29. The van der Waals surface area contributed by atoms with Crippen LogP contribution in [0.5, 0.6) is 5.75 Å². The first-order chi connectivity index (χ1) is 9.50. The van der Waals surface area contributed by atoms with Gasteiger partial charge in [0.05, 0.1) is 6.61 Å². The lowest BCUT2D eigenvalue weighted by Gasteiger charge is -2.22. The van der Waals surface area contributed by atoms with Gasteiger partial charge in [0.25, 0.3) is 0 Å². The molecule has 3 heteroatoms. The lowest BCUT2D eigenvalue weighted by molar-refractivity contribution is 0.266. The lowest BCUT2D eigenvalue weighted by atomic mass is 9.90. The minimum atomic E-state index is 0.297. The zero-order chi connectivity index (χ0) is 14.6. The van der Waals surface area contributed by atoms with E-state index in [0.717, 1.165) is 38.5 Å². The summed E-state index contributed by atoms with van der Waals surface area (Å²) in [6.45, 7) is 11.4. The number of ether oxygens (including phenoxy) is 1. The van der Waals surface area contributed by atoms with Gasteiger partial charge in [0.15, 0.2) is 0 Å². The fourth-order valence-electron chi connectivity index (χ4n) is 2.68. The van der Waals surface area contributed by atoms with Gasteiger partial charge >= 0.3 is 0 Å². The summed E-state index contributed by atoms with van der Waals surface area (Å²) in [5.41, 5.74) is 7.49. The summed E-state index contributed by atoms with van der Waals surface area (Å²) in [7, 11) is 0. The summed E-state index contributed by atoms with van der Waals surface area (Å²) in [5.74, 6) is 1.54. The van der Waals surface area contributed by atoms with Crippen molar-refractivity contribution < 1.29 is 4.74 Å². The fraction of sp³-hybridized carbons (Fsp3) is 0.647. The first-order valence-electron chi connectivity index (χ1n) is 7.65. The van der Waals surface area contributed by atoms with E-state index in [4.69, 9.17) is 10.5 Å². The molecule has 1 heterocycles. The van der Waals surface area contributed by atoms with Crippen molar-refractivity contribution in [2.45, 2.75) is 33.7 Å². The molecule has 1 aliphatic rings. The van der Waals surface area contributed by atoms with Gasteiger partial charge in [-0.25, -0.2) is 0 Å². The molecule has 0 bridgehead atoms.